The number of rotatable bonds is 2. The van der Waals surface area contributed by atoms with Gasteiger partial charge in [-0.2, -0.15) is 0 Å². The number of carboxylic acid groups (broad SMARTS) is 1. The number of Topliss-reactive ketones (excluding diaryl/α,β-unsaturated/α-hetero) is 1. The minimum atomic E-state index is -1.02. The van der Waals surface area contributed by atoms with Crippen LogP contribution >= 0.6 is 11.8 Å². The Morgan fingerprint density at radius 1 is 1.64 bits per heavy atom. The highest BCUT2D eigenvalue weighted by Gasteiger charge is 2.33. The van der Waals surface area contributed by atoms with E-state index < -0.39 is 17.5 Å². The molecule has 1 heterocycles. The summed E-state index contributed by atoms with van der Waals surface area (Å²) in [7, 11) is 0. The molecule has 0 spiro atoms. The molecule has 1 aliphatic heterocycles. The summed E-state index contributed by atoms with van der Waals surface area (Å²) in [5, 5.41) is 8.46. The SMILES string of the molecule is CC(=O)C1CSC(C(=O)O)O1. The van der Waals surface area contributed by atoms with Gasteiger partial charge in [-0.15, -0.1) is 11.8 Å². The maximum absolute atomic E-state index is 10.7. The number of thioether (sulfide) groups is 1. The number of carbonyl (C=O) groups excluding carboxylic acids is 1. The van der Waals surface area contributed by atoms with Crippen LogP contribution in [0.1, 0.15) is 6.92 Å². The molecule has 62 valence electrons. The van der Waals surface area contributed by atoms with Crippen molar-refractivity contribution >= 4 is 23.5 Å². The van der Waals surface area contributed by atoms with Crippen LogP contribution in [-0.4, -0.2) is 34.2 Å². The zero-order chi connectivity index (χ0) is 8.43. The van der Waals surface area contributed by atoms with E-state index in [0.29, 0.717) is 5.75 Å². The molecule has 11 heavy (non-hydrogen) atoms. The van der Waals surface area contributed by atoms with Gasteiger partial charge >= 0.3 is 5.97 Å². The summed E-state index contributed by atoms with van der Waals surface area (Å²) in [5.41, 5.74) is -0.858. The Kier molecular flexibility index (Phi) is 2.51. The molecular formula is C6H8O4S. The van der Waals surface area contributed by atoms with Gasteiger partial charge in [0.15, 0.2) is 5.78 Å². The lowest BCUT2D eigenvalue weighted by Gasteiger charge is -2.04. The van der Waals surface area contributed by atoms with E-state index >= 15 is 0 Å². The van der Waals surface area contributed by atoms with Crippen molar-refractivity contribution in [2.75, 3.05) is 5.75 Å². The molecule has 1 N–H and O–H groups in total. The number of hydrogen-bond acceptors (Lipinski definition) is 4. The first-order valence-electron chi connectivity index (χ1n) is 3.11. The highest BCUT2D eigenvalue weighted by Crippen LogP contribution is 2.25. The van der Waals surface area contributed by atoms with Gasteiger partial charge in [0.2, 0.25) is 5.44 Å². The Labute approximate surface area is 67.9 Å². The summed E-state index contributed by atoms with van der Waals surface area (Å²) < 4.78 is 4.90. The van der Waals surface area contributed by atoms with Gasteiger partial charge in [-0.05, 0) is 6.92 Å². The first-order valence-corrected chi connectivity index (χ1v) is 4.16. The molecule has 2 atom stereocenters. The second kappa shape index (κ2) is 3.23. The van der Waals surface area contributed by atoms with Crippen LogP contribution in [0, 0.1) is 0 Å². The topological polar surface area (TPSA) is 63.6 Å². The number of ketones is 1. The summed E-state index contributed by atoms with van der Waals surface area (Å²) in [6.07, 6.45) is -0.527. The molecule has 1 saturated heterocycles. The van der Waals surface area contributed by atoms with Gasteiger partial charge in [-0.1, -0.05) is 0 Å². The highest BCUT2D eigenvalue weighted by molar-refractivity contribution is 8.00. The van der Waals surface area contributed by atoms with E-state index in [4.69, 9.17) is 9.84 Å². The van der Waals surface area contributed by atoms with Crippen molar-refractivity contribution in [3.8, 4) is 0 Å². The summed E-state index contributed by atoms with van der Waals surface area (Å²) in [4.78, 5) is 21.0. The van der Waals surface area contributed by atoms with Crippen LogP contribution in [0.3, 0.4) is 0 Å². The maximum Gasteiger partial charge on any atom is 0.343 e. The number of carboxylic acids is 1. The average molecular weight is 176 g/mol. The third-order valence-electron chi connectivity index (χ3n) is 1.34. The Balaban J connectivity index is 2.47. The molecule has 1 fully saturated rings. The lowest BCUT2D eigenvalue weighted by molar-refractivity contribution is -0.147. The summed E-state index contributed by atoms with van der Waals surface area (Å²) >= 11 is 1.14. The third kappa shape index (κ3) is 1.94. The van der Waals surface area contributed by atoms with Crippen molar-refractivity contribution in [3.63, 3.8) is 0 Å². The normalized spacial score (nSPS) is 30.3. The second-order valence-electron chi connectivity index (χ2n) is 2.24. The van der Waals surface area contributed by atoms with Gasteiger partial charge in [-0.25, -0.2) is 4.79 Å². The van der Waals surface area contributed by atoms with Gasteiger partial charge in [0.05, 0.1) is 0 Å². The predicted octanol–water partition coefficient (Wildman–Crippen LogP) is 0.118. The highest BCUT2D eigenvalue weighted by atomic mass is 32.2. The molecule has 5 heteroatoms. The van der Waals surface area contributed by atoms with Crippen LogP contribution in [0.2, 0.25) is 0 Å². The molecule has 0 aromatic rings. The minimum absolute atomic E-state index is 0.110. The monoisotopic (exact) mass is 176 g/mol. The molecule has 0 amide bonds. The van der Waals surface area contributed by atoms with E-state index in [1.165, 1.54) is 6.92 Å². The molecule has 0 aromatic carbocycles. The lowest BCUT2D eigenvalue weighted by atomic mass is 10.3. The van der Waals surface area contributed by atoms with Crippen molar-refractivity contribution in [1.82, 2.24) is 0 Å². The fraction of sp³-hybridized carbons (Fsp3) is 0.667. The largest absolute Gasteiger partial charge is 0.479 e. The smallest absolute Gasteiger partial charge is 0.343 e. The Morgan fingerprint density at radius 2 is 2.27 bits per heavy atom. The van der Waals surface area contributed by atoms with Crippen molar-refractivity contribution in [1.29, 1.82) is 0 Å². The first kappa shape index (κ1) is 8.55. The van der Waals surface area contributed by atoms with E-state index in [1.807, 2.05) is 0 Å². The number of hydrogen-bond donors (Lipinski definition) is 1. The van der Waals surface area contributed by atoms with E-state index in [9.17, 15) is 9.59 Å². The van der Waals surface area contributed by atoms with E-state index in [2.05, 4.69) is 0 Å². The Hall–Kier alpha value is -0.550. The van der Waals surface area contributed by atoms with Crippen molar-refractivity contribution in [2.45, 2.75) is 18.5 Å². The van der Waals surface area contributed by atoms with Gasteiger partial charge in [0, 0.05) is 5.75 Å². The maximum atomic E-state index is 10.7. The molecular weight excluding hydrogens is 168 g/mol. The van der Waals surface area contributed by atoms with Crippen LogP contribution in [0.15, 0.2) is 0 Å². The zero-order valence-corrected chi connectivity index (χ0v) is 6.76. The van der Waals surface area contributed by atoms with Crippen LogP contribution in [0.4, 0.5) is 0 Å². The Bertz CT molecular complexity index is 171. The van der Waals surface area contributed by atoms with Gasteiger partial charge < -0.3 is 9.84 Å². The van der Waals surface area contributed by atoms with Crippen molar-refractivity contribution in [3.05, 3.63) is 0 Å². The van der Waals surface area contributed by atoms with Crippen LogP contribution < -0.4 is 0 Å². The molecule has 0 saturated carbocycles. The molecule has 0 aliphatic carbocycles. The van der Waals surface area contributed by atoms with Gasteiger partial charge in [-0.3, -0.25) is 4.79 Å². The predicted molar refractivity (Wildman–Crippen MR) is 39.4 cm³/mol. The van der Waals surface area contributed by atoms with E-state index in [-0.39, 0.29) is 5.78 Å². The molecule has 1 aliphatic rings. The molecule has 1 rings (SSSR count). The summed E-state index contributed by atoms with van der Waals surface area (Å²) in [6, 6.07) is 0. The minimum Gasteiger partial charge on any atom is -0.479 e. The second-order valence-corrected chi connectivity index (χ2v) is 3.33. The van der Waals surface area contributed by atoms with Crippen LogP contribution in [0.25, 0.3) is 0 Å². The molecule has 4 nitrogen and oxygen atoms in total. The fourth-order valence-electron chi connectivity index (χ4n) is 0.745. The van der Waals surface area contributed by atoms with E-state index in [1.54, 1.807) is 0 Å². The quantitative estimate of drug-likeness (QED) is 0.647. The van der Waals surface area contributed by atoms with E-state index in [0.717, 1.165) is 11.8 Å². The summed E-state index contributed by atoms with van der Waals surface area (Å²) in [6.45, 7) is 1.40. The zero-order valence-electron chi connectivity index (χ0n) is 5.94. The van der Waals surface area contributed by atoms with Gasteiger partial charge in [0.25, 0.3) is 0 Å². The van der Waals surface area contributed by atoms with Crippen molar-refractivity contribution < 1.29 is 19.4 Å². The standard InChI is InChI=1S/C6H8O4S/c1-3(7)4-2-11-6(10-4)5(8)9/h4,6H,2H2,1H3,(H,8,9). The summed E-state index contributed by atoms with van der Waals surface area (Å²) in [5.74, 6) is -0.674. The molecule has 0 radical (unpaired) electrons. The van der Waals surface area contributed by atoms with Gasteiger partial charge in [0.1, 0.15) is 6.10 Å². The lowest BCUT2D eigenvalue weighted by Crippen LogP contribution is -2.23. The number of ether oxygens (including phenoxy) is 1. The Morgan fingerprint density at radius 3 is 2.55 bits per heavy atom. The molecule has 2 unspecified atom stereocenters. The first-order chi connectivity index (χ1) is 5.11. The third-order valence-corrected chi connectivity index (χ3v) is 2.45. The fourth-order valence-corrected chi connectivity index (χ4v) is 1.76. The van der Waals surface area contributed by atoms with Crippen LogP contribution in [0.5, 0.6) is 0 Å². The average Bonchev–Trinajstić information content (AvgIpc) is 2.33. The van der Waals surface area contributed by atoms with Crippen molar-refractivity contribution in [2.24, 2.45) is 0 Å². The molecule has 0 bridgehead atoms. The number of carbonyl (C=O) groups is 2. The molecule has 0 aromatic heterocycles. The number of aliphatic carboxylic acids is 1. The van der Waals surface area contributed by atoms with Crippen LogP contribution in [-0.2, 0) is 14.3 Å².